The van der Waals surface area contributed by atoms with E-state index < -0.39 is 0 Å². The molecule has 2 rings (SSSR count). The molecular formula is C16H21N3OS. The molecule has 2 aromatic rings. The Hall–Kier alpha value is -1.72. The lowest BCUT2D eigenvalue weighted by Gasteiger charge is -2.18. The van der Waals surface area contributed by atoms with Crippen molar-refractivity contribution < 1.29 is 4.79 Å². The Balaban J connectivity index is 1.99. The van der Waals surface area contributed by atoms with Gasteiger partial charge in [0.2, 0.25) is 5.91 Å². The topological polar surface area (TPSA) is 45.2 Å². The number of thiazole rings is 1. The lowest BCUT2D eigenvalue weighted by molar-refractivity contribution is -0.122. The minimum absolute atomic E-state index is 0.0675. The van der Waals surface area contributed by atoms with E-state index in [1.807, 2.05) is 25.1 Å². The quantitative estimate of drug-likeness (QED) is 0.855. The first-order valence-electron chi connectivity index (χ1n) is 7.21. The first-order valence-corrected chi connectivity index (χ1v) is 8.09. The van der Waals surface area contributed by atoms with E-state index in [0.29, 0.717) is 19.6 Å². The summed E-state index contributed by atoms with van der Waals surface area (Å²) in [5.41, 5.74) is 2.16. The molecule has 1 N–H and O–H groups in total. The Kier molecular flexibility index (Phi) is 5.90. The van der Waals surface area contributed by atoms with E-state index in [9.17, 15) is 4.79 Å². The second-order valence-corrected chi connectivity index (χ2v) is 5.62. The van der Waals surface area contributed by atoms with Crippen molar-refractivity contribution in [1.82, 2.24) is 15.2 Å². The van der Waals surface area contributed by atoms with E-state index >= 15 is 0 Å². The molecule has 0 radical (unpaired) electrons. The summed E-state index contributed by atoms with van der Waals surface area (Å²) in [6, 6.07) is 10.2. The van der Waals surface area contributed by atoms with Crippen LogP contribution in [0.25, 0.3) is 10.6 Å². The third-order valence-corrected chi connectivity index (χ3v) is 4.09. The molecule has 1 aromatic carbocycles. The number of hydrogen-bond donors (Lipinski definition) is 1. The minimum Gasteiger partial charge on any atom is -0.355 e. The standard InChI is InChI=1S/C16H21N3OS/c1-3-17-15(20)11-19(4-2)10-14-12-21-16(18-14)13-8-6-5-7-9-13/h5-9,12H,3-4,10-11H2,1-2H3,(H,17,20). The summed E-state index contributed by atoms with van der Waals surface area (Å²) in [6.07, 6.45) is 0. The number of nitrogens with one attached hydrogen (secondary N) is 1. The second kappa shape index (κ2) is 7.90. The molecule has 0 fully saturated rings. The zero-order valence-electron chi connectivity index (χ0n) is 12.5. The lowest BCUT2D eigenvalue weighted by Crippen LogP contribution is -2.36. The van der Waals surface area contributed by atoms with Gasteiger partial charge in [-0.2, -0.15) is 0 Å². The van der Waals surface area contributed by atoms with E-state index in [1.54, 1.807) is 11.3 Å². The van der Waals surface area contributed by atoms with Gasteiger partial charge in [-0.15, -0.1) is 11.3 Å². The molecule has 0 aliphatic carbocycles. The van der Waals surface area contributed by atoms with Gasteiger partial charge in [-0.25, -0.2) is 4.98 Å². The molecule has 4 nitrogen and oxygen atoms in total. The fourth-order valence-electron chi connectivity index (χ4n) is 2.06. The molecule has 5 heteroatoms. The average Bonchev–Trinajstić information content (AvgIpc) is 2.96. The smallest absolute Gasteiger partial charge is 0.234 e. The van der Waals surface area contributed by atoms with Gasteiger partial charge in [0.1, 0.15) is 5.01 Å². The Labute approximate surface area is 129 Å². The third kappa shape index (κ3) is 4.65. The van der Waals surface area contributed by atoms with Crippen LogP contribution < -0.4 is 5.32 Å². The maximum atomic E-state index is 11.7. The number of carbonyl (C=O) groups is 1. The van der Waals surface area contributed by atoms with Crippen molar-refractivity contribution in [3.63, 3.8) is 0 Å². The Morgan fingerprint density at radius 3 is 2.71 bits per heavy atom. The zero-order valence-corrected chi connectivity index (χ0v) is 13.3. The monoisotopic (exact) mass is 303 g/mol. The minimum atomic E-state index is 0.0675. The van der Waals surface area contributed by atoms with Crippen molar-refractivity contribution in [1.29, 1.82) is 0 Å². The summed E-state index contributed by atoms with van der Waals surface area (Å²) >= 11 is 1.65. The number of amides is 1. The third-order valence-electron chi connectivity index (χ3n) is 3.15. The van der Waals surface area contributed by atoms with E-state index in [0.717, 1.165) is 22.8 Å². The van der Waals surface area contributed by atoms with Crippen LogP contribution in [0.4, 0.5) is 0 Å². The molecule has 1 heterocycles. The Morgan fingerprint density at radius 1 is 1.29 bits per heavy atom. The molecule has 112 valence electrons. The molecule has 0 aliphatic heterocycles. The highest BCUT2D eigenvalue weighted by Gasteiger charge is 2.11. The summed E-state index contributed by atoms with van der Waals surface area (Å²) < 4.78 is 0. The summed E-state index contributed by atoms with van der Waals surface area (Å²) in [5.74, 6) is 0.0675. The molecule has 0 bridgehead atoms. The molecule has 0 unspecified atom stereocenters. The van der Waals surface area contributed by atoms with E-state index in [1.165, 1.54) is 0 Å². The van der Waals surface area contributed by atoms with Crippen LogP contribution in [-0.2, 0) is 11.3 Å². The first kappa shape index (κ1) is 15.7. The fourth-order valence-corrected chi connectivity index (χ4v) is 2.87. The van der Waals surface area contributed by atoms with Gasteiger partial charge in [0.25, 0.3) is 0 Å². The van der Waals surface area contributed by atoms with Gasteiger partial charge in [0, 0.05) is 24.0 Å². The number of likely N-dealkylation sites (N-methyl/N-ethyl adjacent to an activating group) is 2. The molecule has 1 amide bonds. The number of carbonyl (C=O) groups excluding carboxylic acids is 1. The summed E-state index contributed by atoms with van der Waals surface area (Å²) in [5, 5.41) is 5.93. The van der Waals surface area contributed by atoms with Crippen LogP contribution in [0.5, 0.6) is 0 Å². The normalized spacial score (nSPS) is 10.8. The highest BCUT2D eigenvalue weighted by Crippen LogP contribution is 2.23. The van der Waals surface area contributed by atoms with Crippen molar-refractivity contribution in [2.75, 3.05) is 19.6 Å². The van der Waals surface area contributed by atoms with Crippen molar-refractivity contribution in [3.8, 4) is 10.6 Å². The number of aromatic nitrogens is 1. The number of benzene rings is 1. The maximum absolute atomic E-state index is 11.7. The average molecular weight is 303 g/mol. The maximum Gasteiger partial charge on any atom is 0.234 e. The molecule has 1 aromatic heterocycles. The van der Waals surface area contributed by atoms with Gasteiger partial charge < -0.3 is 5.32 Å². The van der Waals surface area contributed by atoms with Crippen LogP contribution >= 0.6 is 11.3 Å². The molecule has 21 heavy (non-hydrogen) atoms. The fraction of sp³-hybridized carbons (Fsp3) is 0.375. The van der Waals surface area contributed by atoms with Crippen molar-refractivity contribution in [2.45, 2.75) is 20.4 Å². The Bertz CT molecular complexity index is 568. The van der Waals surface area contributed by atoms with Crippen LogP contribution in [0.3, 0.4) is 0 Å². The molecule has 0 saturated heterocycles. The predicted octanol–water partition coefficient (Wildman–Crippen LogP) is 2.77. The summed E-state index contributed by atoms with van der Waals surface area (Å²) in [4.78, 5) is 18.4. The number of nitrogens with zero attached hydrogens (tertiary/aromatic N) is 2. The van der Waals surface area contributed by atoms with E-state index in [4.69, 9.17) is 0 Å². The summed E-state index contributed by atoms with van der Waals surface area (Å²) in [6.45, 7) is 6.62. The molecule has 0 spiro atoms. The van der Waals surface area contributed by atoms with Crippen LogP contribution in [0.1, 0.15) is 19.5 Å². The number of rotatable bonds is 7. The van der Waals surface area contributed by atoms with Crippen molar-refractivity contribution in [3.05, 3.63) is 41.4 Å². The van der Waals surface area contributed by atoms with Crippen LogP contribution in [0.15, 0.2) is 35.7 Å². The largest absolute Gasteiger partial charge is 0.355 e. The van der Waals surface area contributed by atoms with Gasteiger partial charge in [-0.05, 0) is 13.5 Å². The van der Waals surface area contributed by atoms with Crippen LogP contribution in [0, 0.1) is 0 Å². The van der Waals surface area contributed by atoms with Crippen LogP contribution in [-0.4, -0.2) is 35.4 Å². The SMILES string of the molecule is CCNC(=O)CN(CC)Cc1csc(-c2ccccc2)n1. The van der Waals surface area contributed by atoms with Gasteiger partial charge in [0.05, 0.1) is 12.2 Å². The van der Waals surface area contributed by atoms with Gasteiger partial charge >= 0.3 is 0 Å². The van der Waals surface area contributed by atoms with Crippen molar-refractivity contribution >= 4 is 17.2 Å². The Morgan fingerprint density at radius 2 is 2.05 bits per heavy atom. The molecule has 0 aliphatic rings. The van der Waals surface area contributed by atoms with Gasteiger partial charge in [-0.3, -0.25) is 9.69 Å². The van der Waals surface area contributed by atoms with Crippen LogP contribution in [0.2, 0.25) is 0 Å². The summed E-state index contributed by atoms with van der Waals surface area (Å²) in [7, 11) is 0. The first-order chi connectivity index (χ1) is 10.2. The van der Waals surface area contributed by atoms with E-state index in [-0.39, 0.29) is 5.91 Å². The molecule has 0 atom stereocenters. The molecule has 0 saturated carbocycles. The highest BCUT2D eigenvalue weighted by atomic mass is 32.1. The zero-order chi connectivity index (χ0) is 15.1. The highest BCUT2D eigenvalue weighted by molar-refractivity contribution is 7.13. The second-order valence-electron chi connectivity index (χ2n) is 4.77. The number of hydrogen-bond acceptors (Lipinski definition) is 4. The lowest BCUT2D eigenvalue weighted by atomic mass is 10.2. The van der Waals surface area contributed by atoms with Crippen molar-refractivity contribution in [2.24, 2.45) is 0 Å². The van der Waals surface area contributed by atoms with Gasteiger partial charge in [0.15, 0.2) is 0 Å². The predicted molar refractivity (Wildman–Crippen MR) is 87.2 cm³/mol. The van der Waals surface area contributed by atoms with E-state index in [2.05, 4.69) is 39.6 Å². The molecular weight excluding hydrogens is 282 g/mol. The van der Waals surface area contributed by atoms with Gasteiger partial charge in [-0.1, -0.05) is 37.3 Å².